The van der Waals surface area contributed by atoms with E-state index in [1.165, 1.54) is 19.3 Å². The number of ether oxygens (including phenoxy) is 1. The fraction of sp³-hybridized carbons (Fsp3) is 1.00. The highest BCUT2D eigenvalue weighted by atomic mass is 16.5. The van der Waals surface area contributed by atoms with E-state index >= 15 is 0 Å². The van der Waals surface area contributed by atoms with Crippen LogP contribution in [0.2, 0.25) is 0 Å². The van der Waals surface area contributed by atoms with Crippen molar-refractivity contribution in [1.29, 1.82) is 0 Å². The Morgan fingerprint density at radius 3 is 2.35 bits per heavy atom. The number of β-amino-alcohol motifs (C(OH)–C–C–N with tert-alkyl or cyclic N) is 1. The molecule has 2 saturated carbocycles. The van der Waals surface area contributed by atoms with Crippen molar-refractivity contribution in [3.05, 3.63) is 0 Å². The summed E-state index contributed by atoms with van der Waals surface area (Å²) in [5, 5.41) is 10.4. The summed E-state index contributed by atoms with van der Waals surface area (Å²) in [5.74, 6) is 0.803. The number of hydrogen-bond acceptors (Lipinski definition) is 4. The molecule has 0 aromatic rings. The van der Waals surface area contributed by atoms with E-state index in [0.29, 0.717) is 18.1 Å². The van der Waals surface area contributed by atoms with Crippen LogP contribution in [0.1, 0.15) is 47.0 Å². The van der Waals surface area contributed by atoms with Crippen LogP contribution in [0.25, 0.3) is 0 Å². The number of hydrogen-bond donors (Lipinski definition) is 1. The number of nitrogens with zero attached hydrogens (tertiary/aromatic N) is 2. The lowest BCUT2D eigenvalue weighted by Gasteiger charge is -2.43. The van der Waals surface area contributed by atoms with Gasteiger partial charge in [0, 0.05) is 32.7 Å². The van der Waals surface area contributed by atoms with E-state index in [1.807, 2.05) is 0 Å². The lowest BCUT2D eigenvalue weighted by Crippen LogP contribution is -2.49. The third kappa shape index (κ3) is 3.46. The molecule has 134 valence electrons. The average Bonchev–Trinajstić information content (AvgIpc) is 2.98. The predicted octanol–water partition coefficient (Wildman–Crippen LogP) is 2.22. The Kier molecular flexibility index (Phi) is 5.09. The second-order valence-electron chi connectivity index (χ2n) is 9.02. The van der Waals surface area contributed by atoms with Crippen molar-refractivity contribution >= 4 is 0 Å². The second-order valence-corrected chi connectivity index (χ2v) is 9.02. The third-order valence-corrected chi connectivity index (χ3v) is 6.97. The van der Waals surface area contributed by atoms with E-state index in [9.17, 15) is 5.11 Å². The van der Waals surface area contributed by atoms with Crippen molar-refractivity contribution in [3.63, 3.8) is 0 Å². The Hall–Kier alpha value is -0.160. The van der Waals surface area contributed by atoms with Crippen LogP contribution in [0, 0.1) is 16.7 Å². The van der Waals surface area contributed by atoms with Gasteiger partial charge in [-0.3, -0.25) is 4.90 Å². The van der Waals surface area contributed by atoms with Crippen LogP contribution in [0.4, 0.5) is 0 Å². The number of aliphatic hydroxyl groups is 1. The van der Waals surface area contributed by atoms with Crippen LogP contribution in [0.3, 0.4) is 0 Å². The van der Waals surface area contributed by atoms with Gasteiger partial charge in [0.25, 0.3) is 0 Å². The molecule has 4 heteroatoms. The fourth-order valence-corrected chi connectivity index (χ4v) is 5.52. The zero-order valence-electron chi connectivity index (χ0n) is 15.6. The minimum Gasteiger partial charge on any atom is -0.389 e. The zero-order valence-corrected chi connectivity index (χ0v) is 15.6. The summed E-state index contributed by atoms with van der Waals surface area (Å²) in [4.78, 5) is 4.85. The molecular weight excluding hydrogens is 288 g/mol. The molecule has 0 aromatic heterocycles. The lowest BCUT2D eigenvalue weighted by atomic mass is 9.70. The Morgan fingerprint density at radius 2 is 1.78 bits per heavy atom. The highest BCUT2D eigenvalue weighted by Gasteiger charge is 2.60. The largest absolute Gasteiger partial charge is 0.389 e. The van der Waals surface area contributed by atoms with E-state index < -0.39 is 0 Å². The molecule has 3 aliphatic rings. The Bertz CT molecular complexity index is 401. The van der Waals surface area contributed by atoms with Crippen LogP contribution < -0.4 is 0 Å². The predicted molar refractivity (Wildman–Crippen MR) is 93.5 cm³/mol. The van der Waals surface area contributed by atoms with Crippen LogP contribution in [0.15, 0.2) is 0 Å². The second kappa shape index (κ2) is 6.62. The van der Waals surface area contributed by atoms with Gasteiger partial charge in [0.05, 0.1) is 18.8 Å². The van der Waals surface area contributed by atoms with Crippen LogP contribution in [-0.2, 0) is 4.74 Å². The Labute approximate surface area is 142 Å². The van der Waals surface area contributed by atoms with Crippen molar-refractivity contribution in [1.82, 2.24) is 9.80 Å². The van der Waals surface area contributed by atoms with Gasteiger partial charge in [0.1, 0.15) is 0 Å². The highest BCUT2D eigenvalue weighted by molar-refractivity contribution is 5.09. The van der Waals surface area contributed by atoms with Gasteiger partial charge < -0.3 is 14.7 Å². The van der Waals surface area contributed by atoms with Crippen LogP contribution in [0.5, 0.6) is 0 Å². The first-order valence-corrected chi connectivity index (χ1v) is 9.59. The topological polar surface area (TPSA) is 35.9 Å². The standard InChI is InChI=1S/C19H36N2O2/c1-5-20-8-10-21(11-9-20)13-16(22)14-23-17-18(2,3)15-6-7-19(17,4)12-15/h15-17,22H,5-14H2,1-4H3/t15-,16-,17+,19-/m1/s1. The van der Waals surface area contributed by atoms with Gasteiger partial charge in [0.2, 0.25) is 0 Å². The monoisotopic (exact) mass is 324 g/mol. The minimum absolute atomic E-state index is 0.263. The number of aliphatic hydroxyl groups excluding tert-OH is 1. The van der Waals surface area contributed by atoms with Crippen molar-refractivity contribution in [2.45, 2.75) is 59.2 Å². The molecule has 3 rings (SSSR count). The molecule has 4 nitrogen and oxygen atoms in total. The van der Waals surface area contributed by atoms with Crippen molar-refractivity contribution in [2.24, 2.45) is 16.7 Å². The summed E-state index contributed by atoms with van der Waals surface area (Å²) in [5.41, 5.74) is 0.597. The highest BCUT2D eigenvalue weighted by Crippen LogP contribution is 2.63. The maximum absolute atomic E-state index is 10.4. The first-order chi connectivity index (χ1) is 10.8. The van der Waals surface area contributed by atoms with E-state index in [4.69, 9.17) is 4.74 Å². The van der Waals surface area contributed by atoms with Gasteiger partial charge in [-0.2, -0.15) is 0 Å². The van der Waals surface area contributed by atoms with Crippen LogP contribution >= 0.6 is 0 Å². The van der Waals surface area contributed by atoms with Gasteiger partial charge in [0.15, 0.2) is 0 Å². The first kappa shape index (κ1) is 17.7. The summed E-state index contributed by atoms with van der Waals surface area (Å²) >= 11 is 0. The summed E-state index contributed by atoms with van der Waals surface area (Å²) in [6.07, 6.45) is 3.90. The fourth-order valence-electron chi connectivity index (χ4n) is 5.52. The molecule has 23 heavy (non-hydrogen) atoms. The molecule has 0 radical (unpaired) electrons. The lowest BCUT2D eigenvalue weighted by molar-refractivity contribution is -0.114. The Morgan fingerprint density at radius 1 is 1.13 bits per heavy atom. The van der Waals surface area contributed by atoms with Gasteiger partial charge in [-0.25, -0.2) is 0 Å². The maximum atomic E-state index is 10.4. The quantitative estimate of drug-likeness (QED) is 0.813. The summed E-state index contributed by atoms with van der Waals surface area (Å²) < 4.78 is 6.31. The van der Waals surface area contributed by atoms with Crippen molar-refractivity contribution in [2.75, 3.05) is 45.9 Å². The summed E-state index contributed by atoms with van der Waals surface area (Å²) in [6, 6.07) is 0. The smallest absolute Gasteiger partial charge is 0.0900 e. The maximum Gasteiger partial charge on any atom is 0.0900 e. The van der Waals surface area contributed by atoms with Gasteiger partial charge in [-0.15, -0.1) is 0 Å². The van der Waals surface area contributed by atoms with Gasteiger partial charge >= 0.3 is 0 Å². The van der Waals surface area contributed by atoms with Gasteiger partial charge in [-0.1, -0.05) is 27.7 Å². The molecule has 0 amide bonds. The molecule has 2 aliphatic carbocycles. The summed E-state index contributed by atoms with van der Waals surface area (Å²) in [7, 11) is 0. The van der Waals surface area contributed by atoms with E-state index in [2.05, 4.69) is 37.5 Å². The van der Waals surface area contributed by atoms with Crippen LogP contribution in [-0.4, -0.2) is 73.0 Å². The average molecular weight is 325 g/mol. The number of rotatable bonds is 6. The van der Waals surface area contributed by atoms with E-state index in [0.717, 1.165) is 45.2 Å². The molecule has 0 unspecified atom stereocenters. The zero-order chi connectivity index (χ0) is 16.7. The number of likely N-dealkylation sites (N-methyl/N-ethyl adjacent to an activating group) is 1. The molecular formula is C19H36N2O2. The molecule has 1 N–H and O–H groups in total. The number of fused-ring (bicyclic) bond motifs is 2. The molecule has 0 aromatic carbocycles. The third-order valence-electron chi connectivity index (χ3n) is 6.97. The van der Waals surface area contributed by atoms with Gasteiger partial charge in [-0.05, 0) is 42.6 Å². The number of piperazine rings is 1. The molecule has 2 bridgehead atoms. The summed E-state index contributed by atoms with van der Waals surface area (Å²) in [6.45, 7) is 16.1. The molecule has 4 atom stereocenters. The molecule has 3 fully saturated rings. The SMILES string of the molecule is CCN1CCN(C[C@@H](O)CO[C@H]2C(C)(C)[C@@H]3CC[C@]2(C)C3)CC1. The first-order valence-electron chi connectivity index (χ1n) is 9.59. The molecule has 1 saturated heterocycles. The van der Waals surface area contributed by atoms with Crippen molar-refractivity contribution < 1.29 is 9.84 Å². The van der Waals surface area contributed by atoms with Crippen molar-refractivity contribution in [3.8, 4) is 0 Å². The Balaban J connectivity index is 1.45. The van der Waals surface area contributed by atoms with E-state index in [1.54, 1.807) is 0 Å². The normalized spacial score (nSPS) is 39.0. The molecule has 0 spiro atoms. The minimum atomic E-state index is -0.360. The van der Waals surface area contributed by atoms with E-state index in [-0.39, 0.29) is 11.5 Å². The molecule has 1 aliphatic heterocycles. The molecule has 1 heterocycles.